The van der Waals surface area contributed by atoms with Crippen molar-refractivity contribution in [3.8, 4) is 0 Å². The minimum Gasteiger partial charge on any atom is -0.462 e. The van der Waals surface area contributed by atoms with E-state index in [1.165, 1.54) is 20.8 Å². The van der Waals surface area contributed by atoms with Crippen molar-refractivity contribution in [1.82, 2.24) is 0 Å². The van der Waals surface area contributed by atoms with E-state index in [0.717, 1.165) is 11.1 Å². The van der Waals surface area contributed by atoms with Crippen LogP contribution in [0, 0.1) is 22.7 Å². The van der Waals surface area contributed by atoms with Crippen molar-refractivity contribution in [3.63, 3.8) is 0 Å². The minimum absolute atomic E-state index is 0.348. The van der Waals surface area contributed by atoms with Gasteiger partial charge in [-0.15, -0.1) is 0 Å². The molecule has 1 heterocycles. The number of fused-ring (bicyclic) bond motifs is 4. The molecule has 0 aromatic carbocycles. The molecule has 1 saturated heterocycles. The molecule has 4 rings (SSSR count). The smallest absolute Gasteiger partial charge is 0.303 e. The zero-order valence-corrected chi connectivity index (χ0v) is 21.3. The van der Waals surface area contributed by atoms with Gasteiger partial charge < -0.3 is 24.1 Å². The second-order valence-corrected chi connectivity index (χ2v) is 11.6. The molecule has 190 valence electrons. The van der Waals surface area contributed by atoms with Gasteiger partial charge in [0, 0.05) is 39.0 Å². The number of aliphatic hydroxyl groups excluding tert-OH is 1. The number of hydrogen-bond acceptors (Lipinski definition) is 8. The summed E-state index contributed by atoms with van der Waals surface area (Å²) >= 11 is 0. The minimum atomic E-state index is -0.803. The maximum Gasteiger partial charge on any atom is 0.303 e. The first kappa shape index (κ1) is 25.2. The normalized spacial score (nSPS) is 42.7. The molecule has 2 bridgehead atoms. The lowest BCUT2D eigenvalue weighted by Crippen LogP contribution is -2.65. The van der Waals surface area contributed by atoms with E-state index in [0.29, 0.717) is 32.3 Å². The van der Waals surface area contributed by atoms with Crippen molar-refractivity contribution in [2.75, 3.05) is 6.61 Å². The number of carbonyl (C=O) groups is 3. The van der Waals surface area contributed by atoms with Crippen LogP contribution >= 0.6 is 0 Å². The molecule has 8 heteroatoms. The average molecular weight is 479 g/mol. The van der Waals surface area contributed by atoms with E-state index in [1.807, 2.05) is 20.8 Å². The molecule has 1 N–H and O–H groups in total. The molecule has 4 aliphatic rings. The third-order valence-electron chi connectivity index (χ3n) is 8.78. The summed E-state index contributed by atoms with van der Waals surface area (Å²) in [7, 11) is 0. The van der Waals surface area contributed by atoms with Crippen LogP contribution in [0.5, 0.6) is 0 Å². The summed E-state index contributed by atoms with van der Waals surface area (Å²) in [5.41, 5.74) is 0.0715. The van der Waals surface area contributed by atoms with Gasteiger partial charge in [-0.3, -0.25) is 14.4 Å². The van der Waals surface area contributed by atoms with Gasteiger partial charge in [-0.1, -0.05) is 26.3 Å². The first-order valence-electron chi connectivity index (χ1n) is 12.3. The van der Waals surface area contributed by atoms with Crippen molar-refractivity contribution in [2.45, 2.75) is 104 Å². The van der Waals surface area contributed by atoms with E-state index in [1.54, 1.807) is 0 Å². The van der Waals surface area contributed by atoms with Gasteiger partial charge in [0.15, 0.2) is 0 Å². The Morgan fingerprint density at radius 3 is 2.12 bits per heavy atom. The zero-order valence-electron chi connectivity index (χ0n) is 21.3. The molecule has 0 unspecified atom stereocenters. The lowest BCUT2D eigenvalue weighted by molar-refractivity contribution is -0.207. The van der Waals surface area contributed by atoms with Crippen molar-refractivity contribution in [2.24, 2.45) is 22.7 Å². The largest absolute Gasteiger partial charge is 0.462 e. The SMILES string of the molecule is CC(=O)O[C@@H]1[C@@H]2[C@@H](OC(C)=O)CC(C)=C([C@@H](O)C[C@]3(C)CC[C@H](OC(C)=O)[C@]4(CO4)[C@@H]13)C2(C)C. The highest BCUT2D eigenvalue weighted by Crippen LogP contribution is 2.64. The zero-order chi connectivity index (χ0) is 25.2. The number of aliphatic hydroxyl groups is 1. The van der Waals surface area contributed by atoms with Gasteiger partial charge in [0.05, 0.1) is 12.7 Å². The fraction of sp³-hybridized carbons (Fsp3) is 0.808. The number of rotatable bonds is 3. The van der Waals surface area contributed by atoms with E-state index in [2.05, 4.69) is 6.92 Å². The van der Waals surface area contributed by atoms with Gasteiger partial charge in [0.2, 0.25) is 0 Å². The van der Waals surface area contributed by atoms with Crippen LogP contribution in [0.4, 0.5) is 0 Å². The van der Waals surface area contributed by atoms with Crippen LogP contribution in [0.1, 0.15) is 74.1 Å². The van der Waals surface area contributed by atoms with Crippen LogP contribution in [0.25, 0.3) is 0 Å². The molecule has 8 atom stereocenters. The Bertz CT molecular complexity index is 916. The number of hydrogen-bond donors (Lipinski definition) is 1. The van der Waals surface area contributed by atoms with Crippen molar-refractivity contribution in [3.05, 3.63) is 11.1 Å². The number of ether oxygens (including phenoxy) is 4. The molecule has 0 amide bonds. The highest BCUT2D eigenvalue weighted by molar-refractivity contribution is 5.67. The monoisotopic (exact) mass is 478 g/mol. The Balaban J connectivity index is 1.92. The van der Waals surface area contributed by atoms with Crippen LogP contribution in [0.2, 0.25) is 0 Å². The Morgan fingerprint density at radius 1 is 1.00 bits per heavy atom. The summed E-state index contributed by atoms with van der Waals surface area (Å²) in [4.78, 5) is 36.5. The van der Waals surface area contributed by atoms with Gasteiger partial charge in [-0.25, -0.2) is 0 Å². The molecule has 34 heavy (non-hydrogen) atoms. The highest BCUT2D eigenvalue weighted by atomic mass is 16.6. The second-order valence-electron chi connectivity index (χ2n) is 11.6. The Morgan fingerprint density at radius 2 is 1.59 bits per heavy atom. The standard InChI is InChI=1S/C26H38O8/c1-13-10-18(32-14(2)27)21-22(34-16(4)29)23-25(7,11-17(30)20(13)24(21,5)6)9-8-19(33-15(3)28)26(23)12-31-26/h17-19,21-23,30H,8-12H2,1-7H3/t17-,18-,19-,21-,22+,23-,25-,26+/m0/s1. The highest BCUT2D eigenvalue weighted by Gasteiger charge is 2.72. The fourth-order valence-electron chi connectivity index (χ4n) is 7.84. The number of epoxide rings is 1. The summed E-state index contributed by atoms with van der Waals surface area (Å²) in [6.45, 7) is 12.7. The van der Waals surface area contributed by atoms with Gasteiger partial charge in [0.25, 0.3) is 0 Å². The quantitative estimate of drug-likeness (QED) is 0.285. The van der Waals surface area contributed by atoms with Crippen LogP contribution in [0.3, 0.4) is 0 Å². The number of esters is 3. The summed E-state index contributed by atoms with van der Waals surface area (Å²) in [6, 6.07) is 0. The third-order valence-corrected chi connectivity index (χ3v) is 8.78. The maximum atomic E-state index is 12.5. The van der Waals surface area contributed by atoms with E-state index in [9.17, 15) is 19.5 Å². The molecular formula is C26H38O8. The molecule has 8 nitrogen and oxygen atoms in total. The molecular weight excluding hydrogens is 440 g/mol. The number of carbonyl (C=O) groups excluding carboxylic acids is 3. The second kappa shape index (κ2) is 8.33. The molecule has 3 fully saturated rings. The predicted octanol–water partition coefficient (Wildman–Crippen LogP) is 3.09. The molecule has 0 aromatic heterocycles. The Labute approximate surface area is 201 Å². The molecule has 1 spiro atoms. The Hall–Kier alpha value is -1.93. The summed E-state index contributed by atoms with van der Waals surface area (Å²) in [5, 5.41) is 11.6. The topological polar surface area (TPSA) is 112 Å². The van der Waals surface area contributed by atoms with Gasteiger partial charge in [-0.2, -0.15) is 0 Å². The molecule has 3 aliphatic carbocycles. The first-order chi connectivity index (χ1) is 15.7. The van der Waals surface area contributed by atoms with Gasteiger partial charge in [-0.05, 0) is 42.6 Å². The average Bonchev–Trinajstić information content (AvgIpc) is 3.42. The van der Waals surface area contributed by atoms with E-state index >= 15 is 0 Å². The third kappa shape index (κ3) is 3.96. The van der Waals surface area contributed by atoms with E-state index in [-0.39, 0.29) is 11.9 Å². The van der Waals surface area contributed by atoms with Crippen LogP contribution < -0.4 is 0 Å². The van der Waals surface area contributed by atoms with E-state index in [4.69, 9.17) is 18.9 Å². The van der Waals surface area contributed by atoms with Gasteiger partial charge >= 0.3 is 17.9 Å². The summed E-state index contributed by atoms with van der Waals surface area (Å²) < 4.78 is 23.8. The van der Waals surface area contributed by atoms with Crippen LogP contribution in [0.15, 0.2) is 11.1 Å². The fourth-order valence-corrected chi connectivity index (χ4v) is 7.84. The molecule has 0 radical (unpaired) electrons. The maximum absolute atomic E-state index is 12.5. The predicted molar refractivity (Wildman–Crippen MR) is 121 cm³/mol. The lowest BCUT2D eigenvalue weighted by atomic mass is 9.48. The van der Waals surface area contributed by atoms with E-state index < -0.39 is 58.7 Å². The van der Waals surface area contributed by atoms with Crippen molar-refractivity contribution >= 4 is 17.9 Å². The molecule has 0 aromatic rings. The molecule has 2 saturated carbocycles. The van der Waals surface area contributed by atoms with Crippen molar-refractivity contribution in [1.29, 1.82) is 0 Å². The molecule has 1 aliphatic heterocycles. The summed E-state index contributed by atoms with van der Waals surface area (Å²) in [5.74, 6) is -1.96. The Kier molecular flexibility index (Phi) is 6.17. The first-order valence-corrected chi connectivity index (χ1v) is 12.3. The lowest BCUT2D eigenvalue weighted by Gasteiger charge is -2.59. The van der Waals surface area contributed by atoms with Crippen LogP contribution in [-0.4, -0.2) is 59.6 Å². The van der Waals surface area contributed by atoms with Crippen LogP contribution in [-0.2, 0) is 33.3 Å². The van der Waals surface area contributed by atoms with Crippen molar-refractivity contribution < 1.29 is 38.4 Å². The van der Waals surface area contributed by atoms with Gasteiger partial charge in [0.1, 0.15) is 23.9 Å². The summed E-state index contributed by atoms with van der Waals surface area (Å²) in [6.07, 6.45) is -0.121.